The Balaban J connectivity index is 1.68. The van der Waals surface area contributed by atoms with Crippen molar-refractivity contribution in [2.45, 2.75) is 32.6 Å². The number of ether oxygens (including phenoxy) is 1. The number of oxazole rings is 1. The van der Waals surface area contributed by atoms with Gasteiger partial charge in [0, 0.05) is 26.2 Å². The van der Waals surface area contributed by atoms with E-state index in [-0.39, 0.29) is 0 Å². The van der Waals surface area contributed by atoms with Crippen LogP contribution in [0.4, 0.5) is 0 Å². The predicted molar refractivity (Wildman–Crippen MR) is 86.1 cm³/mol. The van der Waals surface area contributed by atoms with Gasteiger partial charge in [-0.1, -0.05) is 6.07 Å². The molecule has 0 bridgehead atoms. The van der Waals surface area contributed by atoms with E-state index >= 15 is 0 Å². The van der Waals surface area contributed by atoms with Crippen LogP contribution in [0.25, 0.3) is 0 Å². The number of nitrogens with two attached hydrogens (primary N) is 1. The van der Waals surface area contributed by atoms with E-state index in [1.165, 1.54) is 23.1 Å². The Kier molecular flexibility index (Phi) is 4.95. The lowest BCUT2D eigenvalue weighted by Crippen LogP contribution is -2.39. The first-order valence-electron chi connectivity index (χ1n) is 7.89. The minimum Gasteiger partial charge on any atom is -0.485 e. The minimum atomic E-state index is -0.456. The van der Waals surface area contributed by atoms with Gasteiger partial charge < -0.3 is 20.0 Å². The van der Waals surface area contributed by atoms with E-state index in [9.17, 15) is 5.11 Å². The molecule has 1 aromatic carbocycles. The summed E-state index contributed by atoms with van der Waals surface area (Å²) in [7, 11) is 0. The number of benzene rings is 1. The maximum atomic E-state index is 9.72. The Morgan fingerprint density at radius 3 is 3.09 bits per heavy atom. The largest absolute Gasteiger partial charge is 0.485 e. The molecule has 3 rings (SSSR count). The van der Waals surface area contributed by atoms with Gasteiger partial charge >= 0.3 is 0 Å². The van der Waals surface area contributed by atoms with Crippen molar-refractivity contribution in [2.75, 3.05) is 19.6 Å². The number of aliphatic hydroxyl groups is 1. The summed E-state index contributed by atoms with van der Waals surface area (Å²) in [5.41, 5.74) is 9.32. The van der Waals surface area contributed by atoms with E-state index in [1.807, 2.05) is 6.07 Å². The van der Waals surface area contributed by atoms with E-state index in [0.29, 0.717) is 25.5 Å². The highest BCUT2D eigenvalue weighted by atomic mass is 16.5. The van der Waals surface area contributed by atoms with Crippen LogP contribution < -0.4 is 10.5 Å². The van der Waals surface area contributed by atoms with Gasteiger partial charge in [-0.25, -0.2) is 4.98 Å². The molecule has 0 aliphatic carbocycles. The molecule has 124 valence electrons. The zero-order chi connectivity index (χ0) is 16.2. The Morgan fingerprint density at radius 2 is 2.35 bits per heavy atom. The number of β-amino-alcohol motifs (C(OH)–C–C–N with tert-alkyl or cyclic N) is 1. The van der Waals surface area contributed by atoms with E-state index in [0.717, 1.165) is 25.3 Å². The van der Waals surface area contributed by atoms with Gasteiger partial charge in [-0.2, -0.15) is 0 Å². The molecule has 0 amide bonds. The molecule has 1 aliphatic heterocycles. The summed E-state index contributed by atoms with van der Waals surface area (Å²) in [6, 6.07) is 4.12. The molecule has 0 fully saturated rings. The molecule has 2 heterocycles. The SMILES string of the molecule is Cc1c(OCc2cnco2)ccc2c1CCN(C[C@@H](O)CN)C2. The van der Waals surface area contributed by atoms with Crippen LogP contribution in [0.1, 0.15) is 22.5 Å². The predicted octanol–water partition coefficient (Wildman–Crippen LogP) is 1.24. The molecule has 1 aromatic heterocycles. The lowest BCUT2D eigenvalue weighted by molar-refractivity contribution is 0.111. The Bertz CT molecular complexity index is 643. The average Bonchev–Trinajstić information content (AvgIpc) is 3.07. The third-order valence-corrected chi connectivity index (χ3v) is 4.31. The van der Waals surface area contributed by atoms with Crippen LogP contribution in [-0.2, 0) is 19.6 Å². The number of hydrogen-bond donors (Lipinski definition) is 2. The second kappa shape index (κ2) is 7.12. The van der Waals surface area contributed by atoms with Crippen molar-refractivity contribution >= 4 is 0 Å². The van der Waals surface area contributed by atoms with Crippen molar-refractivity contribution in [3.8, 4) is 5.75 Å². The van der Waals surface area contributed by atoms with E-state index in [4.69, 9.17) is 14.9 Å². The highest BCUT2D eigenvalue weighted by Crippen LogP contribution is 2.29. The molecule has 0 saturated carbocycles. The van der Waals surface area contributed by atoms with Gasteiger partial charge in [0.1, 0.15) is 12.4 Å². The number of hydrogen-bond acceptors (Lipinski definition) is 6. The Labute approximate surface area is 135 Å². The molecule has 1 aliphatic rings. The quantitative estimate of drug-likeness (QED) is 0.834. The number of aliphatic hydroxyl groups excluding tert-OH is 1. The van der Waals surface area contributed by atoms with Gasteiger partial charge in [-0.3, -0.25) is 4.90 Å². The second-order valence-corrected chi connectivity index (χ2v) is 5.96. The summed E-state index contributed by atoms with van der Waals surface area (Å²) in [6.45, 7) is 5.18. The van der Waals surface area contributed by atoms with Crippen LogP contribution in [0.5, 0.6) is 5.75 Å². The van der Waals surface area contributed by atoms with Gasteiger partial charge in [0.15, 0.2) is 12.2 Å². The lowest BCUT2D eigenvalue weighted by Gasteiger charge is -2.31. The van der Waals surface area contributed by atoms with Gasteiger partial charge in [0.25, 0.3) is 0 Å². The van der Waals surface area contributed by atoms with E-state index in [2.05, 4.69) is 22.9 Å². The summed E-state index contributed by atoms with van der Waals surface area (Å²) in [6.07, 6.45) is 3.57. The fraction of sp³-hybridized carbons (Fsp3) is 0.471. The smallest absolute Gasteiger partial charge is 0.181 e. The van der Waals surface area contributed by atoms with Crippen LogP contribution in [0, 0.1) is 6.92 Å². The van der Waals surface area contributed by atoms with E-state index in [1.54, 1.807) is 6.20 Å². The third-order valence-electron chi connectivity index (χ3n) is 4.31. The minimum absolute atomic E-state index is 0.302. The molecule has 6 heteroatoms. The van der Waals surface area contributed by atoms with Gasteiger partial charge in [0.2, 0.25) is 0 Å². The molecule has 6 nitrogen and oxygen atoms in total. The molecule has 0 radical (unpaired) electrons. The molecular formula is C17H23N3O3. The first-order chi connectivity index (χ1) is 11.2. The van der Waals surface area contributed by atoms with Crippen molar-refractivity contribution in [2.24, 2.45) is 5.73 Å². The van der Waals surface area contributed by atoms with Gasteiger partial charge in [0.05, 0.1) is 12.3 Å². The monoisotopic (exact) mass is 317 g/mol. The van der Waals surface area contributed by atoms with Crippen LogP contribution in [0.15, 0.2) is 29.1 Å². The standard InChI is InChI=1S/C17H23N3O3/c1-12-16-4-5-20(9-14(21)6-18)8-13(16)2-3-17(12)22-10-15-7-19-11-23-15/h2-3,7,11,14,21H,4-6,8-10,18H2,1H3/t14-/m0/s1. The van der Waals surface area contributed by atoms with Crippen molar-refractivity contribution in [3.63, 3.8) is 0 Å². The van der Waals surface area contributed by atoms with Gasteiger partial charge in [-0.05, 0) is 36.1 Å². The highest BCUT2D eigenvalue weighted by Gasteiger charge is 2.21. The number of rotatable bonds is 6. The molecule has 0 unspecified atom stereocenters. The normalized spacial score (nSPS) is 16.1. The van der Waals surface area contributed by atoms with Crippen LogP contribution in [0.2, 0.25) is 0 Å². The Hall–Kier alpha value is -1.89. The molecule has 3 N–H and O–H groups in total. The Morgan fingerprint density at radius 1 is 1.48 bits per heavy atom. The summed E-state index contributed by atoms with van der Waals surface area (Å²) >= 11 is 0. The third kappa shape index (κ3) is 3.72. The summed E-state index contributed by atoms with van der Waals surface area (Å²) in [5, 5.41) is 9.72. The first kappa shape index (κ1) is 16.0. The summed E-state index contributed by atoms with van der Waals surface area (Å²) < 4.78 is 11.0. The van der Waals surface area contributed by atoms with Crippen molar-refractivity contribution in [3.05, 3.63) is 47.2 Å². The average molecular weight is 317 g/mol. The fourth-order valence-electron chi connectivity index (χ4n) is 3.02. The number of nitrogens with zero attached hydrogens (tertiary/aromatic N) is 2. The van der Waals surface area contributed by atoms with E-state index < -0.39 is 6.10 Å². The molecule has 0 spiro atoms. The van der Waals surface area contributed by atoms with Crippen molar-refractivity contribution in [1.82, 2.24) is 9.88 Å². The van der Waals surface area contributed by atoms with Crippen LogP contribution in [-0.4, -0.2) is 40.7 Å². The maximum absolute atomic E-state index is 9.72. The fourth-order valence-corrected chi connectivity index (χ4v) is 3.02. The van der Waals surface area contributed by atoms with Gasteiger partial charge in [-0.15, -0.1) is 0 Å². The maximum Gasteiger partial charge on any atom is 0.181 e. The first-order valence-corrected chi connectivity index (χ1v) is 7.89. The molecule has 1 atom stereocenters. The zero-order valence-electron chi connectivity index (χ0n) is 13.4. The molecule has 2 aromatic rings. The zero-order valence-corrected chi connectivity index (χ0v) is 13.4. The topological polar surface area (TPSA) is 84.8 Å². The lowest BCUT2D eigenvalue weighted by atomic mass is 9.94. The van der Waals surface area contributed by atoms with Crippen molar-refractivity contribution < 1.29 is 14.3 Å². The number of fused-ring (bicyclic) bond motifs is 1. The highest BCUT2D eigenvalue weighted by molar-refractivity contribution is 5.45. The second-order valence-electron chi connectivity index (χ2n) is 5.96. The molecular weight excluding hydrogens is 294 g/mol. The summed E-state index contributed by atoms with van der Waals surface area (Å²) in [5.74, 6) is 1.60. The number of aromatic nitrogens is 1. The van der Waals surface area contributed by atoms with Crippen LogP contribution in [0.3, 0.4) is 0 Å². The molecule has 23 heavy (non-hydrogen) atoms. The summed E-state index contributed by atoms with van der Waals surface area (Å²) in [4.78, 5) is 6.13. The van der Waals surface area contributed by atoms with Crippen molar-refractivity contribution in [1.29, 1.82) is 0 Å². The molecule has 0 saturated heterocycles. The van der Waals surface area contributed by atoms with Crippen LogP contribution >= 0.6 is 0 Å².